The first kappa shape index (κ1) is 16.2. The van der Waals surface area contributed by atoms with Gasteiger partial charge in [0.05, 0.1) is 6.61 Å². The highest BCUT2D eigenvalue weighted by Crippen LogP contribution is 2.18. The first-order chi connectivity index (χ1) is 11.7. The van der Waals surface area contributed by atoms with Gasteiger partial charge in [-0.25, -0.2) is 0 Å². The Morgan fingerprint density at radius 2 is 1.92 bits per heavy atom. The fraction of sp³-hybridized carbons (Fsp3) is 0.211. The number of hydrogen-bond acceptors (Lipinski definition) is 4. The summed E-state index contributed by atoms with van der Waals surface area (Å²) in [5.74, 6) is 0.713. The average molecular weight is 324 g/mol. The van der Waals surface area contributed by atoms with Gasteiger partial charge in [0, 0.05) is 29.9 Å². The zero-order valence-corrected chi connectivity index (χ0v) is 13.2. The first-order valence-corrected chi connectivity index (χ1v) is 7.92. The molecule has 0 aliphatic carbocycles. The van der Waals surface area contributed by atoms with E-state index in [-0.39, 0.29) is 5.56 Å². The lowest BCUT2D eigenvalue weighted by Crippen LogP contribution is -2.29. The van der Waals surface area contributed by atoms with Gasteiger partial charge in [0.1, 0.15) is 12.0 Å². The third-order valence-corrected chi connectivity index (χ3v) is 3.74. The second kappa shape index (κ2) is 7.77. The zero-order chi connectivity index (χ0) is 16.8. The van der Waals surface area contributed by atoms with Crippen molar-refractivity contribution in [3.63, 3.8) is 0 Å². The topological polar surface area (TPSA) is 74.3 Å². The summed E-state index contributed by atoms with van der Waals surface area (Å²) in [7, 11) is 0. The van der Waals surface area contributed by atoms with Crippen LogP contribution in [0, 0.1) is 0 Å². The summed E-state index contributed by atoms with van der Waals surface area (Å²) < 4.78 is 5.68. The van der Waals surface area contributed by atoms with E-state index in [2.05, 4.69) is 10.3 Å². The van der Waals surface area contributed by atoms with Crippen LogP contribution in [0.4, 0.5) is 0 Å². The molecular weight excluding hydrogens is 304 g/mol. The predicted octanol–water partition coefficient (Wildman–Crippen LogP) is 2.41. The van der Waals surface area contributed by atoms with Crippen molar-refractivity contribution in [2.24, 2.45) is 0 Å². The molecule has 0 aliphatic heterocycles. The molecule has 1 aromatic heterocycles. The zero-order valence-electron chi connectivity index (χ0n) is 13.2. The Bertz CT molecular complexity index is 846. The summed E-state index contributed by atoms with van der Waals surface area (Å²) >= 11 is 0. The maximum absolute atomic E-state index is 11.3. The van der Waals surface area contributed by atoms with E-state index >= 15 is 0 Å². The SMILES string of the molecule is O=c1ccc2cc(OCCC(O)NCc3ccccc3)ccc2[nH]1. The van der Waals surface area contributed by atoms with E-state index < -0.39 is 6.23 Å². The van der Waals surface area contributed by atoms with E-state index in [1.165, 1.54) is 6.07 Å². The van der Waals surface area contributed by atoms with E-state index in [1.54, 1.807) is 6.07 Å². The van der Waals surface area contributed by atoms with E-state index in [9.17, 15) is 9.90 Å². The molecule has 1 unspecified atom stereocenters. The van der Waals surface area contributed by atoms with E-state index in [4.69, 9.17) is 4.74 Å². The molecule has 3 aromatic rings. The lowest BCUT2D eigenvalue weighted by Gasteiger charge is -2.14. The minimum atomic E-state index is -0.623. The Hall–Kier alpha value is -2.63. The molecular formula is C19H20N2O3. The van der Waals surface area contributed by atoms with Crippen molar-refractivity contribution in [3.05, 3.63) is 76.6 Å². The summed E-state index contributed by atoms with van der Waals surface area (Å²) in [5.41, 5.74) is 1.78. The molecule has 5 heteroatoms. The highest BCUT2D eigenvalue weighted by molar-refractivity contribution is 5.79. The molecule has 24 heavy (non-hydrogen) atoms. The minimum absolute atomic E-state index is 0.121. The molecule has 0 fully saturated rings. The molecule has 2 aromatic carbocycles. The molecule has 0 amide bonds. The Labute approximate surface area is 139 Å². The molecule has 0 bridgehead atoms. The summed E-state index contributed by atoms with van der Waals surface area (Å²) in [4.78, 5) is 14.0. The van der Waals surface area contributed by atoms with Crippen molar-refractivity contribution >= 4 is 10.9 Å². The number of benzene rings is 2. The van der Waals surface area contributed by atoms with Gasteiger partial charge in [0.25, 0.3) is 0 Å². The number of rotatable bonds is 7. The van der Waals surface area contributed by atoms with Crippen molar-refractivity contribution in [1.82, 2.24) is 10.3 Å². The van der Waals surface area contributed by atoms with Crippen LogP contribution >= 0.6 is 0 Å². The number of hydrogen-bond donors (Lipinski definition) is 3. The minimum Gasteiger partial charge on any atom is -0.493 e. The highest BCUT2D eigenvalue weighted by Gasteiger charge is 2.04. The van der Waals surface area contributed by atoms with Crippen molar-refractivity contribution in [2.75, 3.05) is 6.61 Å². The van der Waals surface area contributed by atoms with Gasteiger partial charge < -0.3 is 14.8 Å². The number of aliphatic hydroxyl groups excluding tert-OH is 1. The van der Waals surface area contributed by atoms with Gasteiger partial charge in [0.2, 0.25) is 5.56 Å². The standard InChI is InChI=1S/C19H20N2O3/c22-18(20-13-14-4-2-1-3-5-14)10-11-24-16-7-8-17-15(12-16)6-9-19(23)21-17/h1-9,12,18,20,22H,10-11,13H2,(H,21,23). The molecule has 0 aliphatic rings. The van der Waals surface area contributed by atoms with Gasteiger partial charge in [-0.2, -0.15) is 0 Å². The average Bonchev–Trinajstić information content (AvgIpc) is 2.61. The van der Waals surface area contributed by atoms with Crippen molar-refractivity contribution in [1.29, 1.82) is 0 Å². The van der Waals surface area contributed by atoms with Gasteiger partial charge >= 0.3 is 0 Å². The summed E-state index contributed by atoms with van der Waals surface area (Å²) in [6.45, 7) is 1.02. The van der Waals surface area contributed by atoms with Crippen LogP contribution in [0.5, 0.6) is 5.75 Å². The first-order valence-electron chi connectivity index (χ1n) is 7.92. The fourth-order valence-corrected chi connectivity index (χ4v) is 2.44. The molecule has 1 heterocycles. The van der Waals surface area contributed by atoms with Crippen LogP contribution in [0.1, 0.15) is 12.0 Å². The highest BCUT2D eigenvalue weighted by atomic mass is 16.5. The summed E-state index contributed by atoms with van der Waals surface area (Å²) in [6, 6.07) is 18.7. The largest absolute Gasteiger partial charge is 0.493 e. The van der Waals surface area contributed by atoms with Crippen LogP contribution in [-0.4, -0.2) is 22.9 Å². The van der Waals surface area contributed by atoms with Crippen molar-refractivity contribution in [2.45, 2.75) is 19.2 Å². The van der Waals surface area contributed by atoms with Crippen LogP contribution in [0.3, 0.4) is 0 Å². The number of ether oxygens (including phenoxy) is 1. The number of nitrogens with one attached hydrogen (secondary N) is 2. The van der Waals surface area contributed by atoms with Gasteiger partial charge in [-0.3, -0.25) is 10.1 Å². The Morgan fingerprint density at radius 3 is 2.75 bits per heavy atom. The van der Waals surface area contributed by atoms with E-state index in [1.807, 2.05) is 48.5 Å². The van der Waals surface area contributed by atoms with Gasteiger partial charge in [-0.15, -0.1) is 0 Å². The molecule has 0 radical (unpaired) electrons. The van der Waals surface area contributed by atoms with Gasteiger partial charge in [-0.05, 0) is 29.8 Å². The maximum atomic E-state index is 11.3. The Kier molecular flexibility index (Phi) is 5.25. The number of aromatic amines is 1. The van der Waals surface area contributed by atoms with Crippen molar-refractivity contribution < 1.29 is 9.84 Å². The Balaban J connectivity index is 1.47. The van der Waals surface area contributed by atoms with Crippen LogP contribution in [0.15, 0.2) is 65.5 Å². The lowest BCUT2D eigenvalue weighted by molar-refractivity contribution is 0.106. The fourth-order valence-electron chi connectivity index (χ4n) is 2.44. The normalized spacial score (nSPS) is 12.2. The van der Waals surface area contributed by atoms with Gasteiger partial charge in [-0.1, -0.05) is 30.3 Å². The van der Waals surface area contributed by atoms with Crippen LogP contribution < -0.4 is 15.6 Å². The Morgan fingerprint density at radius 1 is 1.08 bits per heavy atom. The number of aromatic nitrogens is 1. The third-order valence-electron chi connectivity index (χ3n) is 3.74. The number of H-pyrrole nitrogens is 1. The molecule has 1 atom stereocenters. The second-order valence-electron chi connectivity index (χ2n) is 5.59. The number of aliphatic hydroxyl groups is 1. The monoisotopic (exact) mass is 324 g/mol. The quantitative estimate of drug-likeness (QED) is 0.584. The molecule has 3 N–H and O–H groups in total. The molecule has 3 rings (SSSR count). The molecule has 5 nitrogen and oxygen atoms in total. The molecule has 0 saturated heterocycles. The molecule has 0 spiro atoms. The molecule has 0 saturated carbocycles. The summed E-state index contributed by atoms with van der Waals surface area (Å²) in [6.07, 6.45) is -0.140. The summed E-state index contributed by atoms with van der Waals surface area (Å²) in [5, 5.41) is 13.9. The van der Waals surface area contributed by atoms with Crippen LogP contribution in [-0.2, 0) is 6.54 Å². The number of pyridine rings is 1. The van der Waals surface area contributed by atoms with Crippen LogP contribution in [0.25, 0.3) is 10.9 Å². The second-order valence-corrected chi connectivity index (χ2v) is 5.59. The predicted molar refractivity (Wildman–Crippen MR) is 94.0 cm³/mol. The lowest BCUT2D eigenvalue weighted by atomic mass is 10.2. The van der Waals surface area contributed by atoms with Gasteiger partial charge in [0.15, 0.2) is 0 Å². The number of fused-ring (bicyclic) bond motifs is 1. The van der Waals surface area contributed by atoms with E-state index in [0.717, 1.165) is 16.5 Å². The van der Waals surface area contributed by atoms with Crippen molar-refractivity contribution in [3.8, 4) is 5.75 Å². The maximum Gasteiger partial charge on any atom is 0.248 e. The van der Waals surface area contributed by atoms with Crippen LogP contribution in [0.2, 0.25) is 0 Å². The molecule has 124 valence electrons. The third kappa shape index (κ3) is 4.44. The van der Waals surface area contributed by atoms with E-state index in [0.29, 0.717) is 25.3 Å². The smallest absolute Gasteiger partial charge is 0.248 e.